The summed E-state index contributed by atoms with van der Waals surface area (Å²) in [5.41, 5.74) is -0.733. The third kappa shape index (κ3) is 3.38. The number of nitrogens with zero attached hydrogens (tertiary/aromatic N) is 1. The number of benzene rings is 1. The first kappa shape index (κ1) is 16.3. The Balaban J connectivity index is 2.37. The lowest BCUT2D eigenvalue weighted by atomic mass is 10.1. The Labute approximate surface area is 122 Å². The zero-order valence-corrected chi connectivity index (χ0v) is 12.6. The highest BCUT2D eigenvalue weighted by Gasteiger charge is 2.33. The van der Waals surface area contributed by atoms with E-state index in [1.54, 1.807) is 0 Å². The van der Waals surface area contributed by atoms with Crippen molar-refractivity contribution in [1.82, 2.24) is 9.62 Å². The van der Waals surface area contributed by atoms with Gasteiger partial charge in [0.25, 0.3) is 0 Å². The SMILES string of the molecule is Cc1cc(C(F)(F)F)ccc1S(=O)(=O)N1CCN[C@H](C)C1. The van der Waals surface area contributed by atoms with Gasteiger partial charge in [-0.2, -0.15) is 17.5 Å². The van der Waals surface area contributed by atoms with Gasteiger partial charge in [0, 0.05) is 25.7 Å². The minimum atomic E-state index is -4.48. The van der Waals surface area contributed by atoms with Crippen LogP contribution in [0.4, 0.5) is 13.2 Å². The molecule has 0 bridgehead atoms. The number of hydrogen-bond acceptors (Lipinski definition) is 3. The van der Waals surface area contributed by atoms with Crippen LogP contribution in [0.15, 0.2) is 23.1 Å². The Morgan fingerprint density at radius 1 is 1.33 bits per heavy atom. The molecule has 4 nitrogen and oxygen atoms in total. The molecule has 1 aromatic carbocycles. The van der Waals surface area contributed by atoms with E-state index < -0.39 is 21.8 Å². The van der Waals surface area contributed by atoms with Crippen LogP contribution in [-0.2, 0) is 16.2 Å². The fourth-order valence-corrected chi connectivity index (χ4v) is 4.10. The zero-order valence-electron chi connectivity index (χ0n) is 11.7. The number of rotatable bonds is 2. The predicted molar refractivity (Wildman–Crippen MR) is 72.4 cm³/mol. The summed E-state index contributed by atoms with van der Waals surface area (Å²) in [7, 11) is -3.76. The van der Waals surface area contributed by atoms with Crippen molar-refractivity contribution in [2.24, 2.45) is 0 Å². The quantitative estimate of drug-likeness (QED) is 0.906. The molecule has 1 saturated heterocycles. The maximum Gasteiger partial charge on any atom is 0.416 e. The molecule has 0 spiro atoms. The smallest absolute Gasteiger partial charge is 0.312 e. The Morgan fingerprint density at radius 3 is 2.52 bits per heavy atom. The number of alkyl halides is 3. The minimum absolute atomic E-state index is 0.0169. The topological polar surface area (TPSA) is 49.4 Å². The van der Waals surface area contributed by atoms with E-state index in [2.05, 4.69) is 5.32 Å². The third-order valence-corrected chi connectivity index (χ3v) is 5.48. The summed E-state index contributed by atoms with van der Waals surface area (Å²) in [6, 6.07) is 2.74. The first-order chi connectivity index (χ1) is 9.62. The summed E-state index contributed by atoms with van der Waals surface area (Å²) in [6.45, 7) is 4.39. The number of halogens is 3. The maximum atomic E-state index is 12.6. The van der Waals surface area contributed by atoms with Crippen LogP contribution in [0.3, 0.4) is 0 Å². The lowest BCUT2D eigenvalue weighted by Crippen LogP contribution is -2.51. The Hall–Kier alpha value is -1.12. The van der Waals surface area contributed by atoms with Gasteiger partial charge in [0.15, 0.2) is 0 Å². The van der Waals surface area contributed by atoms with Gasteiger partial charge in [0.05, 0.1) is 10.5 Å². The van der Waals surface area contributed by atoms with Gasteiger partial charge in [-0.25, -0.2) is 8.42 Å². The van der Waals surface area contributed by atoms with Crippen LogP contribution in [0.2, 0.25) is 0 Å². The molecule has 0 radical (unpaired) electrons. The molecule has 1 heterocycles. The highest BCUT2D eigenvalue weighted by molar-refractivity contribution is 7.89. The summed E-state index contributed by atoms with van der Waals surface area (Å²) in [4.78, 5) is -0.0652. The molecular formula is C13H17F3N2O2S. The predicted octanol–water partition coefficient (Wildman–Crippen LogP) is 2.00. The average molecular weight is 322 g/mol. The molecule has 0 aliphatic carbocycles. The first-order valence-corrected chi connectivity index (χ1v) is 7.98. The van der Waals surface area contributed by atoms with Crippen molar-refractivity contribution in [1.29, 1.82) is 0 Å². The van der Waals surface area contributed by atoms with Crippen LogP contribution in [0.5, 0.6) is 0 Å². The largest absolute Gasteiger partial charge is 0.416 e. The Bertz CT molecular complexity index is 629. The standard InChI is InChI=1S/C13H17F3N2O2S/c1-9-7-11(13(14,15)16)3-4-12(9)21(19,20)18-6-5-17-10(2)8-18/h3-4,7,10,17H,5-6,8H2,1-2H3/t10-/m1/s1. The molecule has 1 aliphatic heterocycles. The molecule has 1 aromatic rings. The van der Waals surface area contributed by atoms with Crippen LogP contribution >= 0.6 is 0 Å². The fourth-order valence-electron chi connectivity index (χ4n) is 2.37. The second-order valence-electron chi connectivity index (χ2n) is 5.20. The fraction of sp³-hybridized carbons (Fsp3) is 0.538. The van der Waals surface area contributed by atoms with Gasteiger partial charge in [-0.05, 0) is 37.6 Å². The van der Waals surface area contributed by atoms with E-state index in [-0.39, 0.29) is 16.5 Å². The van der Waals surface area contributed by atoms with Gasteiger partial charge in [-0.15, -0.1) is 0 Å². The summed E-state index contributed by atoms with van der Waals surface area (Å²) in [5, 5.41) is 3.12. The second-order valence-corrected chi connectivity index (χ2v) is 7.10. The van der Waals surface area contributed by atoms with Gasteiger partial charge in [-0.3, -0.25) is 0 Å². The van der Waals surface area contributed by atoms with Crippen LogP contribution in [0.1, 0.15) is 18.1 Å². The minimum Gasteiger partial charge on any atom is -0.312 e. The van der Waals surface area contributed by atoms with E-state index in [1.165, 1.54) is 11.2 Å². The summed E-state index contributed by atoms with van der Waals surface area (Å²) in [6.07, 6.45) is -4.48. The molecule has 1 N–H and O–H groups in total. The summed E-state index contributed by atoms with van der Waals surface area (Å²) >= 11 is 0. The van der Waals surface area contributed by atoms with E-state index in [4.69, 9.17) is 0 Å². The molecule has 1 atom stereocenters. The van der Waals surface area contributed by atoms with Crippen molar-refractivity contribution in [2.75, 3.05) is 19.6 Å². The van der Waals surface area contributed by atoms with Crippen molar-refractivity contribution in [3.8, 4) is 0 Å². The van der Waals surface area contributed by atoms with E-state index in [9.17, 15) is 21.6 Å². The van der Waals surface area contributed by atoms with Gasteiger partial charge in [0.2, 0.25) is 10.0 Å². The molecule has 0 aromatic heterocycles. The summed E-state index contributed by atoms with van der Waals surface area (Å²) in [5.74, 6) is 0. The normalized spacial score (nSPS) is 21.5. The molecule has 0 saturated carbocycles. The highest BCUT2D eigenvalue weighted by atomic mass is 32.2. The van der Waals surface area contributed by atoms with Crippen LogP contribution in [0.25, 0.3) is 0 Å². The number of sulfonamides is 1. The first-order valence-electron chi connectivity index (χ1n) is 6.54. The lowest BCUT2D eigenvalue weighted by Gasteiger charge is -2.31. The van der Waals surface area contributed by atoms with E-state index in [0.717, 1.165) is 18.2 Å². The maximum absolute atomic E-state index is 12.6. The van der Waals surface area contributed by atoms with Crippen LogP contribution in [-0.4, -0.2) is 38.4 Å². The Morgan fingerprint density at radius 2 is 2.00 bits per heavy atom. The van der Waals surface area contributed by atoms with E-state index >= 15 is 0 Å². The monoisotopic (exact) mass is 322 g/mol. The molecule has 1 aliphatic rings. The molecule has 8 heteroatoms. The number of aryl methyl sites for hydroxylation is 1. The molecule has 0 unspecified atom stereocenters. The van der Waals surface area contributed by atoms with Crippen molar-refractivity contribution in [3.05, 3.63) is 29.3 Å². The average Bonchev–Trinajstić information content (AvgIpc) is 2.37. The van der Waals surface area contributed by atoms with Crippen molar-refractivity contribution < 1.29 is 21.6 Å². The Kier molecular flexibility index (Phi) is 4.32. The van der Waals surface area contributed by atoms with E-state index in [1.807, 2.05) is 6.92 Å². The number of nitrogens with one attached hydrogen (secondary N) is 1. The number of hydrogen-bond donors (Lipinski definition) is 1. The molecule has 118 valence electrons. The van der Waals surface area contributed by atoms with Crippen molar-refractivity contribution in [2.45, 2.75) is 31.0 Å². The van der Waals surface area contributed by atoms with E-state index in [0.29, 0.717) is 19.6 Å². The van der Waals surface area contributed by atoms with Crippen LogP contribution < -0.4 is 5.32 Å². The van der Waals surface area contributed by atoms with Gasteiger partial charge < -0.3 is 5.32 Å². The molecule has 21 heavy (non-hydrogen) atoms. The molecule has 2 rings (SSSR count). The van der Waals surface area contributed by atoms with Gasteiger partial charge in [0.1, 0.15) is 0 Å². The molecule has 0 amide bonds. The second kappa shape index (κ2) is 5.58. The molecular weight excluding hydrogens is 305 g/mol. The van der Waals surface area contributed by atoms with Crippen molar-refractivity contribution in [3.63, 3.8) is 0 Å². The van der Waals surface area contributed by atoms with Gasteiger partial charge in [-0.1, -0.05) is 0 Å². The highest BCUT2D eigenvalue weighted by Crippen LogP contribution is 2.32. The van der Waals surface area contributed by atoms with Crippen LogP contribution in [0, 0.1) is 6.92 Å². The van der Waals surface area contributed by atoms with Gasteiger partial charge >= 0.3 is 6.18 Å². The molecule has 1 fully saturated rings. The number of piperazine rings is 1. The summed E-state index contributed by atoms with van der Waals surface area (Å²) < 4.78 is 64.3. The zero-order chi connectivity index (χ0) is 15.8. The van der Waals surface area contributed by atoms with Crippen molar-refractivity contribution >= 4 is 10.0 Å². The third-order valence-electron chi connectivity index (χ3n) is 3.45. The lowest BCUT2D eigenvalue weighted by molar-refractivity contribution is -0.137.